The summed E-state index contributed by atoms with van der Waals surface area (Å²) in [6.45, 7) is 1.09. The molecule has 1 aromatic carbocycles. The maximum Gasteiger partial charge on any atom is 0.397 e. The van der Waals surface area contributed by atoms with Crippen molar-refractivity contribution in [2.45, 2.75) is 25.2 Å². The average Bonchev–Trinajstić information content (AvgIpc) is 3.00. The molecule has 0 saturated carbocycles. The number of halogens is 3. The van der Waals surface area contributed by atoms with E-state index in [9.17, 15) is 27.6 Å². The van der Waals surface area contributed by atoms with Crippen molar-refractivity contribution in [3.05, 3.63) is 53.0 Å². The molecule has 11 heteroatoms. The van der Waals surface area contributed by atoms with Gasteiger partial charge in [0.1, 0.15) is 12.0 Å². The Hall–Kier alpha value is -3.50. The second kappa shape index (κ2) is 7.86. The zero-order valence-electron chi connectivity index (χ0n) is 15.0. The second-order valence-corrected chi connectivity index (χ2v) is 6.40. The first-order valence-electron chi connectivity index (χ1n) is 8.50. The molecule has 0 radical (unpaired) electrons. The Morgan fingerprint density at radius 1 is 1.14 bits per heavy atom. The third kappa shape index (κ3) is 4.68. The normalized spacial score (nSPS) is 20.3. The van der Waals surface area contributed by atoms with Gasteiger partial charge >= 0.3 is 11.9 Å². The van der Waals surface area contributed by atoms with Crippen LogP contribution in [0.1, 0.15) is 6.92 Å². The van der Waals surface area contributed by atoms with Gasteiger partial charge in [-0.3, -0.25) is 9.59 Å². The molecule has 152 valence electrons. The Balaban J connectivity index is 1.77. The minimum absolute atomic E-state index is 0.271. The number of anilines is 1. The molecule has 3 N–H and O–H groups in total. The van der Waals surface area contributed by atoms with E-state index < -0.39 is 41.6 Å². The van der Waals surface area contributed by atoms with Crippen LogP contribution in [-0.4, -0.2) is 39.9 Å². The van der Waals surface area contributed by atoms with Crippen molar-refractivity contribution in [3.63, 3.8) is 0 Å². The molecule has 0 spiro atoms. The highest BCUT2D eigenvalue weighted by molar-refractivity contribution is 6.10. The number of benzene rings is 1. The van der Waals surface area contributed by atoms with Crippen LogP contribution in [-0.2, 0) is 9.59 Å². The van der Waals surface area contributed by atoms with Crippen molar-refractivity contribution < 1.29 is 22.8 Å². The number of ketones is 1. The summed E-state index contributed by atoms with van der Waals surface area (Å²) in [5, 5.41) is 9.64. The molecule has 2 aromatic rings. The molecule has 1 heterocycles. The highest BCUT2D eigenvalue weighted by Crippen LogP contribution is 2.34. The number of aromatic nitrogens is 2. The van der Waals surface area contributed by atoms with Crippen molar-refractivity contribution >= 4 is 28.4 Å². The van der Waals surface area contributed by atoms with Crippen LogP contribution < -0.4 is 11.0 Å². The van der Waals surface area contributed by atoms with Crippen LogP contribution in [0, 0.1) is 5.92 Å². The van der Waals surface area contributed by atoms with Crippen LogP contribution in [0.3, 0.4) is 0 Å². The molecular weight excluding hydrogens is 391 g/mol. The number of nitrogens with zero attached hydrogens (tertiary/aromatic N) is 2. The number of imidazole rings is 1. The zero-order chi connectivity index (χ0) is 21.2. The van der Waals surface area contributed by atoms with Gasteiger partial charge in [-0.15, -0.1) is 0 Å². The lowest BCUT2D eigenvalue weighted by Crippen LogP contribution is -2.34. The fourth-order valence-electron chi connectivity index (χ4n) is 2.79. The van der Waals surface area contributed by atoms with Crippen molar-refractivity contribution in [2.24, 2.45) is 16.1 Å². The number of allylic oxidation sites excluding steroid dienone is 2. The highest BCUT2D eigenvalue weighted by Gasteiger charge is 2.43. The molecule has 3 unspecified atom stereocenters. The van der Waals surface area contributed by atoms with E-state index in [4.69, 9.17) is 0 Å². The number of aromatic amines is 2. The summed E-state index contributed by atoms with van der Waals surface area (Å²) in [5.41, 5.74) is 0.799. The van der Waals surface area contributed by atoms with E-state index in [-0.39, 0.29) is 5.69 Å². The number of alkyl halides is 3. The number of H-pyrrole nitrogens is 2. The molecule has 1 aromatic heterocycles. The molecule has 1 aliphatic carbocycles. The largest absolute Gasteiger partial charge is 0.397 e. The number of Topliss-reactive ketones (excluding diaryl/α,β-unsaturated/α-hetero) is 1. The smallest absolute Gasteiger partial charge is 0.324 e. The van der Waals surface area contributed by atoms with Gasteiger partial charge in [-0.05, 0) is 25.1 Å². The van der Waals surface area contributed by atoms with Crippen LogP contribution in [0.25, 0.3) is 11.0 Å². The lowest BCUT2D eigenvalue weighted by molar-refractivity contribution is -0.163. The van der Waals surface area contributed by atoms with E-state index in [1.807, 2.05) is 0 Å². The number of carbonyl (C=O) groups is 2. The van der Waals surface area contributed by atoms with E-state index in [0.717, 1.165) is 13.0 Å². The number of amides is 1. The third-order valence-electron chi connectivity index (χ3n) is 4.22. The van der Waals surface area contributed by atoms with Crippen LogP contribution >= 0.6 is 0 Å². The van der Waals surface area contributed by atoms with Crippen molar-refractivity contribution in [2.75, 3.05) is 5.32 Å². The summed E-state index contributed by atoms with van der Waals surface area (Å²) in [6.07, 6.45) is 0.247. The molecule has 0 bridgehead atoms. The first-order valence-corrected chi connectivity index (χ1v) is 8.50. The summed E-state index contributed by atoms with van der Waals surface area (Å²) in [5.74, 6) is -3.42. The van der Waals surface area contributed by atoms with E-state index in [2.05, 4.69) is 25.5 Å². The maximum absolute atomic E-state index is 13.1. The van der Waals surface area contributed by atoms with Gasteiger partial charge in [0.25, 0.3) is 5.91 Å². The molecule has 0 saturated heterocycles. The predicted octanol–water partition coefficient (Wildman–Crippen LogP) is 2.88. The topological polar surface area (TPSA) is 120 Å². The van der Waals surface area contributed by atoms with Gasteiger partial charge < -0.3 is 15.3 Å². The van der Waals surface area contributed by atoms with Crippen molar-refractivity contribution in [1.29, 1.82) is 0 Å². The van der Waals surface area contributed by atoms with E-state index in [1.54, 1.807) is 6.07 Å². The summed E-state index contributed by atoms with van der Waals surface area (Å²) in [4.78, 5) is 40.6. The standard InChI is InChI=1S/C18H16F3N5O3/c1-9(27)15(26-25-12-5-3-2-4-11(12)18(19,20)21)16(28)22-10-6-7-13-14(8-10)24-17(29)23-13/h2-8,11-12,15H,1H3,(H,22,28)(H2,23,24,29). The molecule has 3 atom stereocenters. The quantitative estimate of drug-likeness (QED) is 0.522. The predicted molar refractivity (Wildman–Crippen MR) is 98.5 cm³/mol. The van der Waals surface area contributed by atoms with Gasteiger partial charge in [0.15, 0.2) is 5.78 Å². The molecule has 0 aliphatic heterocycles. The highest BCUT2D eigenvalue weighted by atomic mass is 19.4. The van der Waals surface area contributed by atoms with Crippen LogP contribution in [0.5, 0.6) is 0 Å². The van der Waals surface area contributed by atoms with E-state index in [0.29, 0.717) is 11.0 Å². The van der Waals surface area contributed by atoms with Crippen LogP contribution in [0.2, 0.25) is 0 Å². The van der Waals surface area contributed by atoms with Gasteiger partial charge in [-0.1, -0.05) is 24.3 Å². The Bertz CT molecular complexity index is 1080. The number of rotatable bonds is 5. The SMILES string of the molecule is CC(=O)C(N=NC1C=CC=CC1C(F)(F)F)C(=O)Nc1ccc2[nH]c(=O)[nH]c2c1. The van der Waals surface area contributed by atoms with E-state index in [1.165, 1.54) is 30.4 Å². The van der Waals surface area contributed by atoms with Gasteiger partial charge in [-0.2, -0.15) is 23.4 Å². The summed E-state index contributed by atoms with van der Waals surface area (Å²) in [6, 6.07) is 1.53. The van der Waals surface area contributed by atoms with E-state index >= 15 is 0 Å². The third-order valence-corrected chi connectivity index (χ3v) is 4.22. The van der Waals surface area contributed by atoms with Gasteiger partial charge in [-0.25, -0.2) is 4.79 Å². The number of hydrogen-bond acceptors (Lipinski definition) is 5. The van der Waals surface area contributed by atoms with Crippen molar-refractivity contribution in [1.82, 2.24) is 9.97 Å². The maximum atomic E-state index is 13.1. The molecule has 0 fully saturated rings. The lowest BCUT2D eigenvalue weighted by atomic mass is 9.95. The fraction of sp³-hybridized carbons (Fsp3) is 0.278. The molecule has 29 heavy (non-hydrogen) atoms. The minimum atomic E-state index is -4.54. The number of azo groups is 1. The number of hydrogen-bond donors (Lipinski definition) is 3. The van der Waals surface area contributed by atoms with Gasteiger partial charge in [0.05, 0.1) is 11.0 Å². The second-order valence-electron chi connectivity index (χ2n) is 6.40. The Kier molecular flexibility index (Phi) is 5.48. The van der Waals surface area contributed by atoms with Crippen LogP contribution in [0.15, 0.2) is 57.5 Å². The van der Waals surface area contributed by atoms with Gasteiger partial charge in [0, 0.05) is 5.69 Å². The Morgan fingerprint density at radius 2 is 1.83 bits per heavy atom. The summed E-state index contributed by atoms with van der Waals surface area (Å²) in [7, 11) is 0. The molecule has 1 aliphatic rings. The number of fused-ring (bicyclic) bond motifs is 1. The molecule has 3 rings (SSSR count). The first kappa shape index (κ1) is 20.2. The van der Waals surface area contributed by atoms with Gasteiger partial charge in [0.2, 0.25) is 6.04 Å². The monoisotopic (exact) mass is 407 g/mol. The molecule has 8 nitrogen and oxygen atoms in total. The summed E-state index contributed by atoms with van der Waals surface area (Å²) < 4.78 is 39.3. The lowest BCUT2D eigenvalue weighted by Gasteiger charge is -2.22. The Labute approximate surface area is 161 Å². The fourth-order valence-corrected chi connectivity index (χ4v) is 2.79. The average molecular weight is 407 g/mol. The number of carbonyl (C=O) groups excluding carboxylic acids is 2. The first-order chi connectivity index (χ1) is 13.6. The van der Waals surface area contributed by atoms with Crippen molar-refractivity contribution in [3.8, 4) is 0 Å². The number of nitrogens with one attached hydrogen (secondary N) is 3. The zero-order valence-corrected chi connectivity index (χ0v) is 15.0. The minimum Gasteiger partial charge on any atom is -0.324 e. The molecule has 1 amide bonds. The summed E-state index contributed by atoms with van der Waals surface area (Å²) >= 11 is 0. The van der Waals surface area contributed by atoms with Crippen LogP contribution in [0.4, 0.5) is 18.9 Å². The Morgan fingerprint density at radius 3 is 2.52 bits per heavy atom. The molecular formula is C18H16F3N5O3.